The van der Waals surface area contributed by atoms with Crippen molar-refractivity contribution in [1.82, 2.24) is 0 Å². The van der Waals surface area contributed by atoms with Crippen LogP contribution in [0.4, 0.5) is 8.78 Å². The maximum atomic E-state index is 12.8. The van der Waals surface area contributed by atoms with E-state index in [4.69, 9.17) is 5.73 Å². The largest absolute Gasteiger partial charge is 0.327 e. The molecule has 0 aromatic carbocycles. The van der Waals surface area contributed by atoms with E-state index in [1.807, 2.05) is 6.92 Å². The normalized spacial score (nSPS) is 42.9. The summed E-state index contributed by atoms with van der Waals surface area (Å²) in [5.74, 6) is -0.232. The van der Waals surface area contributed by atoms with E-state index >= 15 is 0 Å². The van der Waals surface area contributed by atoms with Crippen molar-refractivity contribution in [1.29, 1.82) is 0 Å². The first kappa shape index (κ1) is 11.9. The lowest BCUT2D eigenvalue weighted by Crippen LogP contribution is -2.52. The molecule has 1 saturated carbocycles. The van der Waals surface area contributed by atoms with Gasteiger partial charge in [0.2, 0.25) is 6.43 Å². The Morgan fingerprint density at radius 2 is 1.79 bits per heavy atom. The third-order valence-electron chi connectivity index (χ3n) is 4.43. The van der Waals surface area contributed by atoms with Gasteiger partial charge in [0.05, 0.1) is 0 Å². The molecule has 0 radical (unpaired) electrons. The van der Waals surface area contributed by atoms with Crippen molar-refractivity contribution in [2.45, 2.75) is 46.6 Å². The maximum absolute atomic E-state index is 12.8. The highest BCUT2D eigenvalue weighted by Gasteiger charge is 2.47. The summed E-state index contributed by atoms with van der Waals surface area (Å²) in [4.78, 5) is 0. The molecule has 0 heterocycles. The summed E-state index contributed by atoms with van der Waals surface area (Å²) in [7, 11) is 0. The van der Waals surface area contributed by atoms with E-state index in [9.17, 15) is 8.78 Å². The van der Waals surface area contributed by atoms with Crippen molar-refractivity contribution in [2.75, 3.05) is 0 Å². The lowest BCUT2D eigenvalue weighted by Gasteiger charge is -2.49. The number of alkyl halides is 2. The molecule has 1 aliphatic carbocycles. The van der Waals surface area contributed by atoms with Crippen LogP contribution in [0.3, 0.4) is 0 Å². The lowest BCUT2D eigenvalue weighted by molar-refractivity contribution is -0.0601. The van der Waals surface area contributed by atoms with Crippen LogP contribution in [0.5, 0.6) is 0 Å². The molecular formula is C11H21F2N. The molecule has 14 heavy (non-hydrogen) atoms. The molecule has 0 aromatic rings. The van der Waals surface area contributed by atoms with Crippen LogP contribution < -0.4 is 5.73 Å². The van der Waals surface area contributed by atoms with E-state index in [1.54, 1.807) is 0 Å². The topological polar surface area (TPSA) is 26.0 Å². The average molecular weight is 205 g/mol. The van der Waals surface area contributed by atoms with Crippen molar-refractivity contribution in [3.63, 3.8) is 0 Å². The zero-order valence-corrected chi connectivity index (χ0v) is 9.43. The molecule has 0 amide bonds. The number of hydrogen-bond donors (Lipinski definition) is 1. The third kappa shape index (κ3) is 1.79. The highest BCUT2D eigenvalue weighted by Crippen LogP contribution is 2.48. The predicted molar refractivity (Wildman–Crippen MR) is 54.2 cm³/mol. The summed E-state index contributed by atoms with van der Waals surface area (Å²) in [5.41, 5.74) is 5.77. The van der Waals surface area contributed by atoms with E-state index in [-0.39, 0.29) is 17.4 Å². The molecule has 1 rings (SSSR count). The number of rotatable bonds is 1. The van der Waals surface area contributed by atoms with Crippen molar-refractivity contribution >= 4 is 0 Å². The minimum atomic E-state index is -2.29. The standard InChI is InChI=1S/C11H21F2N/c1-6-5-8(14)9(10(12)13)7(2)11(6,3)4/h6-10H,5,14H2,1-4H3/t6-,7+,8+,9+/m0/s1. The van der Waals surface area contributed by atoms with Gasteiger partial charge in [-0.05, 0) is 23.7 Å². The molecule has 4 atom stereocenters. The van der Waals surface area contributed by atoms with Crippen LogP contribution >= 0.6 is 0 Å². The summed E-state index contributed by atoms with van der Waals surface area (Å²) in [6, 6.07) is -0.340. The Kier molecular flexibility index (Phi) is 3.20. The smallest absolute Gasteiger partial charge is 0.243 e. The van der Waals surface area contributed by atoms with Crippen molar-refractivity contribution in [2.24, 2.45) is 28.9 Å². The molecule has 1 fully saturated rings. The zero-order valence-electron chi connectivity index (χ0n) is 9.43. The molecule has 84 valence electrons. The molecular weight excluding hydrogens is 184 g/mol. The Hall–Kier alpha value is -0.180. The molecule has 0 aromatic heterocycles. The Labute approximate surface area is 85.1 Å². The molecule has 0 spiro atoms. The Morgan fingerprint density at radius 3 is 2.21 bits per heavy atom. The fourth-order valence-electron chi connectivity index (χ4n) is 2.59. The lowest BCUT2D eigenvalue weighted by atomic mass is 9.58. The summed E-state index contributed by atoms with van der Waals surface area (Å²) in [5, 5.41) is 0. The fraction of sp³-hybridized carbons (Fsp3) is 1.00. The van der Waals surface area contributed by atoms with Gasteiger partial charge in [-0.1, -0.05) is 27.7 Å². The average Bonchev–Trinajstić information content (AvgIpc) is 2.00. The molecule has 1 aliphatic rings. The van der Waals surface area contributed by atoms with E-state index < -0.39 is 12.3 Å². The van der Waals surface area contributed by atoms with Crippen molar-refractivity contribution < 1.29 is 8.78 Å². The second-order valence-electron chi connectivity index (χ2n) is 5.32. The van der Waals surface area contributed by atoms with Gasteiger partial charge in [-0.2, -0.15) is 0 Å². The highest BCUT2D eigenvalue weighted by molar-refractivity contribution is 4.96. The van der Waals surface area contributed by atoms with Gasteiger partial charge in [0.15, 0.2) is 0 Å². The van der Waals surface area contributed by atoms with Gasteiger partial charge >= 0.3 is 0 Å². The number of halogens is 2. The second-order valence-corrected chi connectivity index (χ2v) is 5.32. The van der Waals surface area contributed by atoms with Crippen LogP contribution in [0, 0.1) is 23.2 Å². The van der Waals surface area contributed by atoms with Crippen LogP contribution in [0.15, 0.2) is 0 Å². The van der Waals surface area contributed by atoms with Crippen LogP contribution in [0.1, 0.15) is 34.1 Å². The van der Waals surface area contributed by atoms with Crippen LogP contribution in [-0.4, -0.2) is 12.5 Å². The molecule has 0 saturated heterocycles. The SMILES string of the molecule is C[C@@H]1[C@@H](C(F)F)[C@H](N)C[C@H](C)C1(C)C. The summed E-state index contributed by atoms with van der Waals surface area (Å²) >= 11 is 0. The Bertz CT molecular complexity index is 203. The first-order chi connectivity index (χ1) is 6.28. The maximum Gasteiger partial charge on any atom is 0.243 e. The summed E-state index contributed by atoms with van der Waals surface area (Å²) in [6.45, 7) is 8.16. The quantitative estimate of drug-likeness (QED) is 0.700. The van der Waals surface area contributed by atoms with E-state index in [0.29, 0.717) is 12.3 Å². The van der Waals surface area contributed by atoms with E-state index in [2.05, 4.69) is 20.8 Å². The Morgan fingerprint density at radius 1 is 1.29 bits per heavy atom. The van der Waals surface area contributed by atoms with E-state index in [0.717, 1.165) is 0 Å². The van der Waals surface area contributed by atoms with Gasteiger partial charge in [0.25, 0.3) is 0 Å². The second kappa shape index (κ2) is 3.76. The zero-order chi connectivity index (χ0) is 11.1. The van der Waals surface area contributed by atoms with Crippen molar-refractivity contribution in [3.05, 3.63) is 0 Å². The molecule has 2 N–H and O–H groups in total. The van der Waals surface area contributed by atoms with Gasteiger partial charge in [0, 0.05) is 12.0 Å². The highest BCUT2D eigenvalue weighted by atomic mass is 19.3. The van der Waals surface area contributed by atoms with Gasteiger partial charge in [-0.3, -0.25) is 0 Å². The summed E-state index contributed by atoms with van der Waals surface area (Å²) < 4.78 is 25.6. The molecule has 0 aliphatic heterocycles. The van der Waals surface area contributed by atoms with Gasteiger partial charge in [-0.25, -0.2) is 8.78 Å². The van der Waals surface area contributed by atoms with Crippen molar-refractivity contribution in [3.8, 4) is 0 Å². The first-order valence-corrected chi connectivity index (χ1v) is 5.32. The minimum Gasteiger partial charge on any atom is -0.327 e. The predicted octanol–water partition coefficient (Wildman–Crippen LogP) is 2.90. The molecule has 1 nitrogen and oxygen atoms in total. The minimum absolute atomic E-state index is 0.0127. The molecule has 0 unspecified atom stereocenters. The number of hydrogen-bond acceptors (Lipinski definition) is 1. The summed E-state index contributed by atoms with van der Waals surface area (Å²) in [6.07, 6.45) is -1.57. The first-order valence-electron chi connectivity index (χ1n) is 5.32. The van der Waals surface area contributed by atoms with Gasteiger partial charge < -0.3 is 5.73 Å². The van der Waals surface area contributed by atoms with E-state index in [1.165, 1.54) is 0 Å². The third-order valence-corrected chi connectivity index (χ3v) is 4.43. The monoisotopic (exact) mass is 205 g/mol. The van der Waals surface area contributed by atoms with Gasteiger partial charge in [-0.15, -0.1) is 0 Å². The number of nitrogens with two attached hydrogens (primary N) is 1. The van der Waals surface area contributed by atoms with Crippen LogP contribution in [-0.2, 0) is 0 Å². The Balaban J connectivity index is 2.89. The van der Waals surface area contributed by atoms with Crippen LogP contribution in [0.2, 0.25) is 0 Å². The molecule has 0 bridgehead atoms. The molecule has 3 heteroatoms. The van der Waals surface area contributed by atoms with Gasteiger partial charge in [0.1, 0.15) is 0 Å². The van der Waals surface area contributed by atoms with Crippen LogP contribution in [0.25, 0.3) is 0 Å². The fourth-order valence-corrected chi connectivity index (χ4v) is 2.59.